The SMILES string of the molecule is Nc1ccc2c(c1)OC[C@H]2CC(=O)[O-]. The Morgan fingerprint density at radius 3 is 3.14 bits per heavy atom. The number of hydrogen-bond donors (Lipinski definition) is 1. The number of nitrogen functional groups attached to an aromatic ring is 1. The van der Waals surface area contributed by atoms with Crippen LogP contribution in [0.4, 0.5) is 5.69 Å². The van der Waals surface area contributed by atoms with Crippen LogP contribution in [-0.4, -0.2) is 12.6 Å². The van der Waals surface area contributed by atoms with E-state index in [1.54, 1.807) is 12.1 Å². The van der Waals surface area contributed by atoms with Gasteiger partial charge in [0.15, 0.2) is 0 Å². The van der Waals surface area contributed by atoms with E-state index in [0.29, 0.717) is 18.0 Å². The van der Waals surface area contributed by atoms with Gasteiger partial charge in [-0.25, -0.2) is 0 Å². The molecule has 0 spiro atoms. The summed E-state index contributed by atoms with van der Waals surface area (Å²) in [5.74, 6) is -0.463. The molecule has 0 bridgehead atoms. The maximum atomic E-state index is 10.4. The molecule has 0 unspecified atom stereocenters. The fourth-order valence-electron chi connectivity index (χ4n) is 1.66. The summed E-state index contributed by atoms with van der Waals surface area (Å²) in [7, 11) is 0. The van der Waals surface area contributed by atoms with E-state index in [-0.39, 0.29) is 12.3 Å². The monoisotopic (exact) mass is 192 g/mol. The highest BCUT2D eigenvalue weighted by atomic mass is 16.5. The summed E-state index contributed by atoms with van der Waals surface area (Å²) in [6.07, 6.45) is -0.00306. The second kappa shape index (κ2) is 3.21. The van der Waals surface area contributed by atoms with E-state index in [2.05, 4.69) is 0 Å². The fraction of sp³-hybridized carbons (Fsp3) is 0.300. The van der Waals surface area contributed by atoms with Gasteiger partial charge in [0, 0.05) is 29.2 Å². The maximum Gasteiger partial charge on any atom is 0.124 e. The first-order valence-electron chi connectivity index (χ1n) is 4.39. The van der Waals surface area contributed by atoms with Gasteiger partial charge >= 0.3 is 0 Å². The summed E-state index contributed by atoms with van der Waals surface area (Å²) < 4.78 is 5.32. The molecule has 14 heavy (non-hydrogen) atoms. The van der Waals surface area contributed by atoms with Crippen molar-refractivity contribution in [2.45, 2.75) is 12.3 Å². The molecule has 1 heterocycles. The predicted octanol–water partition coefficient (Wildman–Crippen LogP) is -0.115. The molecule has 2 rings (SSSR count). The van der Waals surface area contributed by atoms with Crippen LogP contribution in [-0.2, 0) is 4.79 Å². The highest BCUT2D eigenvalue weighted by molar-refractivity contribution is 5.66. The van der Waals surface area contributed by atoms with Crippen LogP contribution in [0.2, 0.25) is 0 Å². The molecule has 4 nitrogen and oxygen atoms in total. The van der Waals surface area contributed by atoms with Crippen molar-refractivity contribution < 1.29 is 14.6 Å². The summed E-state index contributed by atoms with van der Waals surface area (Å²) >= 11 is 0. The van der Waals surface area contributed by atoms with Gasteiger partial charge in [-0.1, -0.05) is 6.07 Å². The Kier molecular flexibility index (Phi) is 2.04. The Hall–Kier alpha value is -1.71. The molecule has 1 aliphatic rings. The minimum Gasteiger partial charge on any atom is -0.550 e. The van der Waals surface area contributed by atoms with Crippen LogP contribution < -0.4 is 15.6 Å². The third-order valence-corrected chi connectivity index (χ3v) is 2.33. The number of nitrogens with two attached hydrogens (primary N) is 1. The van der Waals surface area contributed by atoms with Gasteiger partial charge in [-0.3, -0.25) is 0 Å². The second-order valence-electron chi connectivity index (χ2n) is 3.38. The van der Waals surface area contributed by atoms with E-state index in [4.69, 9.17) is 10.5 Å². The van der Waals surface area contributed by atoms with Crippen LogP contribution in [0, 0.1) is 0 Å². The second-order valence-corrected chi connectivity index (χ2v) is 3.38. The zero-order valence-corrected chi connectivity index (χ0v) is 7.53. The molecule has 0 radical (unpaired) electrons. The van der Waals surface area contributed by atoms with E-state index in [1.165, 1.54) is 0 Å². The Bertz CT molecular complexity index is 376. The number of carbonyl (C=O) groups is 1. The van der Waals surface area contributed by atoms with Crippen LogP contribution in [0.15, 0.2) is 18.2 Å². The Morgan fingerprint density at radius 2 is 2.43 bits per heavy atom. The molecule has 0 saturated carbocycles. The molecule has 0 aromatic heterocycles. The average molecular weight is 192 g/mol. The number of benzene rings is 1. The molecule has 2 N–H and O–H groups in total. The molecule has 1 aromatic carbocycles. The Balaban J connectivity index is 2.26. The number of carbonyl (C=O) groups excluding carboxylic acids is 1. The van der Waals surface area contributed by atoms with E-state index in [0.717, 1.165) is 5.56 Å². The van der Waals surface area contributed by atoms with Crippen LogP contribution in [0.5, 0.6) is 5.75 Å². The zero-order valence-electron chi connectivity index (χ0n) is 7.53. The number of carboxylic acid groups (broad SMARTS) is 1. The first-order valence-corrected chi connectivity index (χ1v) is 4.39. The third-order valence-electron chi connectivity index (χ3n) is 2.33. The summed E-state index contributed by atoms with van der Waals surface area (Å²) in [5, 5.41) is 10.4. The van der Waals surface area contributed by atoms with Gasteiger partial charge in [0.1, 0.15) is 5.75 Å². The molecule has 4 heteroatoms. The highest BCUT2D eigenvalue weighted by Crippen LogP contribution is 2.36. The van der Waals surface area contributed by atoms with Gasteiger partial charge in [-0.05, 0) is 12.5 Å². The van der Waals surface area contributed by atoms with Gasteiger partial charge in [0.25, 0.3) is 0 Å². The molecule has 1 aliphatic heterocycles. The summed E-state index contributed by atoms with van der Waals surface area (Å²) in [4.78, 5) is 10.4. The van der Waals surface area contributed by atoms with Gasteiger partial charge in [-0.2, -0.15) is 0 Å². The quantitative estimate of drug-likeness (QED) is 0.663. The standard InChI is InChI=1S/C10H11NO3/c11-7-1-2-8-6(3-10(12)13)5-14-9(8)4-7/h1-2,4,6H,3,5,11H2,(H,12,13)/p-1/t6-/m1/s1. The van der Waals surface area contributed by atoms with Crippen molar-refractivity contribution in [3.63, 3.8) is 0 Å². The largest absolute Gasteiger partial charge is 0.550 e. The van der Waals surface area contributed by atoms with Gasteiger partial charge < -0.3 is 20.4 Å². The molecule has 0 aliphatic carbocycles. The number of anilines is 1. The molecular formula is C10H10NO3-. The molecule has 1 aromatic rings. The number of carboxylic acids is 1. The first-order chi connectivity index (χ1) is 6.66. The number of rotatable bonds is 2. The summed E-state index contributed by atoms with van der Waals surface area (Å²) in [6, 6.07) is 5.27. The van der Waals surface area contributed by atoms with E-state index >= 15 is 0 Å². The van der Waals surface area contributed by atoms with Crippen molar-refractivity contribution in [2.24, 2.45) is 0 Å². The van der Waals surface area contributed by atoms with Crippen LogP contribution in [0.1, 0.15) is 17.9 Å². The molecule has 0 fully saturated rings. The van der Waals surface area contributed by atoms with E-state index < -0.39 is 5.97 Å². The topological polar surface area (TPSA) is 75.4 Å². The minimum atomic E-state index is -1.05. The third kappa shape index (κ3) is 1.51. The highest BCUT2D eigenvalue weighted by Gasteiger charge is 2.23. The van der Waals surface area contributed by atoms with Crippen molar-refractivity contribution in [3.05, 3.63) is 23.8 Å². The Morgan fingerprint density at radius 1 is 1.64 bits per heavy atom. The number of hydrogen-bond acceptors (Lipinski definition) is 4. The predicted molar refractivity (Wildman–Crippen MR) is 48.7 cm³/mol. The van der Waals surface area contributed by atoms with E-state index in [9.17, 15) is 9.90 Å². The maximum absolute atomic E-state index is 10.4. The number of fused-ring (bicyclic) bond motifs is 1. The van der Waals surface area contributed by atoms with Gasteiger partial charge in [0.05, 0.1) is 6.61 Å². The molecule has 1 atom stereocenters. The van der Waals surface area contributed by atoms with Crippen molar-refractivity contribution in [1.29, 1.82) is 0 Å². The minimum absolute atomic E-state index is 0.00306. The fourth-order valence-corrected chi connectivity index (χ4v) is 1.66. The lowest BCUT2D eigenvalue weighted by molar-refractivity contribution is -0.306. The van der Waals surface area contributed by atoms with Gasteiger partial charge in [0.2, 0.25) is 0 Å². The lowest BCUT2D eigenvalue weighted by atomic mass is 9.98. The molecular weight excluding hydrogens is 182 g/mol. The summed E-state index contributed by atoms with van der Waals surface area (Å²) in [5.41, 5.74) is 7.10. The van der Waals surface area contributed by atoms with Crippen molar-refractivity contribution in [2.75, 3.05) is 12.3 Å². The van der Waals surface area contributed by atoms with Crippen LogP contribution >= 0.6 is 0 Å². The lowest BCUT2D eigenvalue weighted by Gasteiger charge is -2.08. The lowest BCUT2D eigenvalue weighted by Crippen LogP contribution is -2.24. The molecule has 0 saturated heterocycles. The zero-order chi connectivity index (χ0) is 10.1. The number of aliphatic carboxylic acids is 1. The van der Waals surface area contributed by atoms with Crippen LogP contribution in [0.3, 0.4) is 0 Å². The Labute approximate surface area is 81.3 Å². The van der Waals surface area contributed by atoms with E-state index in [1.807, 2.05) is 6.07 Å². The smallest absolute Gasteiger partial charge is 0.124 e. The number of ether oxygens (including phenoxy) is 1. The normalized spacial score (nSPS) is 18.7. The first kappa shape index (κ1) is 8.87. The van der Waals surface area contributed by atoms with Crippen molar-refractivity contribution in [3.8, 4) is 5.75 Å². The van der Waals surface area contributed by atoms with Crippen LogP contribution in [0.25, 0.3) is 0 Å². The van der Waals surface area contributed by atoms with Crippen molar-refractivity contribution >= 4 is 11.7 Å². The molecule has 74 valence electrons. The molecule has 0 amide bonds. The summed E-state index contributed by atoms with van der Waals surface area (Å²) in [6.45, 7) is 0.396. The van der Waals surface area contributed by atoms with Gasteiger partial charge in [-0.15, -0.1) is 0 Å². The van der Waals surface area contributed by atoms with Crippen molar-refractivity contribution in [1.82, 2.24) is 0 Å². The average Bonchev–Trinajstić information content (AvgIpc) is 2.47.